The molecule has 0 aromatic heterocycles. The minimum Gasteiger partial charge on any atom is -0.497 e. The number of hydrogen-bond donors (Lipinski definition) is 0. The molecule has 0 bridgehead atoms. The average Bonchev–Trinajstić information content (AvgIpc) is 1.90. The van der Waals surface area contributed by atoms with Crippen molar-refractivity contribution in [2.75, 3.05) is 6.61 Å². The Morgan fingerprint density at radius 1 is 1.71 bits per heavy atom. The molecule has 0 aromatic rings. The summed E-state index contributed by atoms with van der Waals surface area (Å²) < 4.78 is 4.88. The standard InChI is InChI=1S/C5H5OS/c1-2-6-3-5-7-4-1/h1,3,5H,2H2. The molecule has 0 aliphatic carbocycles. The van der Waals surface area contributed by atoms with Crippen LogP contribution in [0.4, 0.5) is 0 Å². The summed E-state index contributed by atoms with van der Waals surface area (Å²) in [5.41, 5.74) is 0. The summed E-state index contributed by atoms with van der Waals surface area (Å²) in [5.74, 6) is 0. The van der Waals surface area contributed by atoms with Crippen LogP contribution in [0.3, 0.4) is 0 Å². The predicted octanol–water partition coefficient (Wildman–Crippen LogP) is 1.54. The third-order valence-corrected chi connectivity index (χ3v) is 1.10. The maximum atomic E-state index is 4.88. The minimum absolute atomic E-state index is 0.656. The molecule has 0 aromatic carbocycles. The van der Waals surface area contributed by atoms with Gasteiger partial charge in [0.1, 0.15) is 6.61 Å². The van der Waals surface area contributed by atoms with Gasteiger partial charge in [-0.05, 0) is 6.08 Å². The highest BCUT2D eigenvalue weighted by Crippen LogP contribution is 2.04. The second-order valence-electron chi connectivity index (χ2n) is 1.05. The summed E-state index contributed by atoms with van der Waals surface area (Å²) in [5, 5.41) is 4.78. The van der Waals surface area contributed by atoms with E-state index >= 15 is 0 Å². The Bertz CT molecular complexity index is 84.3. The molecule has 1 rings (SSSR count). The number of hydrogen-bond acceptors (Lipinski definition) is 2. The summed E-state index contributed by atoms with van der Waals surface area (Å²) in [7, 11) is 0. The molecule has 0 amide bonds. The molecule has 7 heavy (non-hydrogen) atoms. The Labute approximate surface area is 47.1 Å². The van der Waals surface area contributed by atoms with Gasteiger partial charge in [-0.2, -0.15) is 0 Å². The third-order valence-electron chi connectivity index (χ3n) is 0.551. The monoisotopic (exact) mass is 113 g/mol. The lowest BCUT2D eigenvalue weighted by atomic mass is 10.7. The molecule has 0 saturated carbocycles. The van der Waals surface area contributed by atoms with Crippen molar-refractivity contribution in [3.63, 3.8) is 0 Å². The van der Waals surface area contributed by atoms with Crippen molar-refractivity contribution in [1.29, 1.82) is 0 Å². The predicted molar refractivity (Wildman–Crippen MR) is 30.5 cm³/mol. The molecule has 1 heterocycles. The van der Waals surface area contributed by atoms with Gasteiger partial charge in [-0.25, -0.2) is 0 Å². The highest BCUT2D eigenvalue weighted by molar-refractivity contribution is 8.03. The van der Waals surface area contributed by atoms with Gasteiger partial charge in [0.2, 0.25) is 0 Å². The quantitative estimate of drug-likeness (QED) is 0.471. The van der Waals surface area contributed by atoms with Crippen LogP contribution >= 0.6 is 11.8 Å². The Morgan fingerprint density at radius 3 is 3.71 bits per heavy atom. The smallest absolute Gasteiger partial charge is 0.107 e. The molecule has 0 fully saturated rings. The van der Waals surface area contributed by atoms with Gasteiger partial charge in [0.05, 0.1) is 6.26 Å². The zero-order valence-electron chi connectivity index (χ0n) is 3.76. The molecule has 0 spiro atoms. The maximum Gasteiger partial charge on any atom is 0.107 e. The first-order chi connectivity index (χ1) is 3.50. The van der Waals surface area contributed by atoms with E-state index in [0.29, 0.717) is 6.61 Å². The molecular weight excluding hydrogens is 108 g/mol. The van der Waals surface area contributed by atoms with Crippen LogP contribution in [-0.2, 0) is 4.74 Å². The van der Waals surface area contributed by atoms with Gasteiger partial charge in [-0.15, -0.1) is 0 Å². The van der Waals surface area contributed by atoms with E-state index in [1.807, 2.05) is 11.5 Å². The Balaban J connectivity index is 2.38. The molecule has 1 nitrogen and oxygen atoms in total. The zero-order valence-corrected chi connectivity index (χ0v) is 4.57. The van der Waals surface area contributed by atoms with Crippen LogP contribution in [0, 0.1) is 5.41 Å². The van der Waals surface area contributed by atoms with Gasteiger partial charge in [-0.3, -0.25) is 0 Å². The molecule has 1 radical (unpaired) electrons. The molecular formula is C5H5OS. The zero-order chi connectivity index (χ0) is 4.95. The van der Waals surface area contributed by atoms with Crippen molar-refractivity contribution in [3.8, 4) is 0 Å². The summed E-state index contributed by atoms with van der Waals surface area (Å²) >= 11 is 1.50. The van der Waals surface area contributed by atoms with E-state index in [9.17, 15) is 0 Å². The summed E-state index contributed by atoms with van der Waals surface area (Å²) in [6.45, 7) is 0.656. The van der Waals surface area contributed by atoms with Gasteiger partial charge >= 0.3 is 0 Å². The Hall–Kier alpha value is -0.370. The molecule has 37 valence electrons. The van der Waals surface area contributed by atoms with Crippen LogP contribution in [0.1, 0.15) is 0 Å². The lowest BCUT2D eigenvalue weighted by molar-refractivity contribution is 0.291. The molecule has 0 atom stereocenters. The summed E-state index contributed by atoms with van der Waals surface area (Å²) in [6.07, 6.45) is 3.52. The van der Waals surface area contributed by atoms with Crippen molar-refractivity contribution >= 4 is 11.8 Å². The number of thioether (sulfide) groups is 1. The molecule has 0 saturated heterocycles. The van der Waals surface area contributed by atoms with Gasteiger partial charge < -0.3 is 4.74 Å². The van der Waals surface area contributed by atoms with Crippen LogP contribution < -0.4 is 0 Å². The largest absolute Gasteiger partial charge is 0.497 e. The third kappa shape index (κ3) is 1.69. The lowest BCUT2D eigenvalue weighted by Gasteiger charge is -1.85. The van der Waals surface area contributed by atoms with Crippen LogP contribution in [0.25, 0.3) is 0 Å². The fraction of sp³-hybridized carbons (Fsp3) is 0.200. The minimum atomic E-state index is 0.656. The second-order valence-corrected chi connectivity index (χ2v) is 1.79. The van der Waals surface area contributed by atoms with E-state index in [-0.39, 0.29) is 0 Å². The van der Waals surface area contributed by atoms with Crippen molar-refractivity contribution in [2.24, 2.45) is 0 Å². The summed E-state index contributed by atoms with van der Waals surface area (Å²) in [6, 6.07) is 0. The first kappa shape index (κ1) is 4.78. The summed E-state index contributed by atoms with van der Waals surface area (Å²) in [4.78, 5) is 0. The Morgan fingerprint density at radius 2 is 2.71 bits per heavy atom. The topological polar surface area (TPSA) is 9.23 Å². The van der Waals surface area contributed by atoms with Crippen molar-refractivity contribution in [1.82, 2.24) is 0 Å². The molecule has 2 heteroatoms. The molecule has 0 unspecified atom stereocenters. The van der Waals surface area contributed by atoms with Gasteiger partial charge in [0.25, 0.3) is 0 Å². The van der Waals surface area contributed by atoms with E-state index in [1.165, 1.54) is 11.8 Å². The van der Waals surface area contributed by atoms with Crippen LogP contribution in [0.15, 0.2) is 17.7 Å². The van der Waals surface area contributed by atoms with Crippen LogP contribution in [0.2, 0.25) is 0 Å². The lowest BCUT2D eigenvalue weighted by Crippen LogP contribution is -1.75. The Kier molecular flexibility index (Phi) is 1.88. The maximum absolute atomic E-state index is 4.88. The van der Waals surface area contributed by atoms with E-state index in [1.54, 1.807) is 6.26 Å². The van der Waals surface area contributed by atoms with Crippen molar-refractivity contribution in [3.05, 3.63) is 23.2 Å². The van der Waals surface area contributed by atoms with Crippen molar-refractivity contribution in [2.45, 2.75) is 0 Å². The van der Waals surface area contributed by atoms with Gasteiger partial charge in [0, 0.05) is 10.8 Å². The van der Waals surface area contributed by atoms with E-state index in [2.05, 4.69) is 5.41 Å². The number of ether oxygens (including phenoxy) is 1. The molecule has 1 aliphatic heterocycles. The highest BCUT2D eigenvalue weighted by Gasteiger charge is 1.79. The average molecular weight is 113 g/mol. The molecule has 0 N–H and O–H groups in total. The van der Waals surface area contributed by atoms with Crippen molar-refractivity contribution < 1.29 is 4.74 Å². The van der Waals surface area contributed by atoms with Gasteiger partial charge in [-0.1, -0.05) is 11.8 Å². The van der Waals surface area contributed by atoms with Crippen LogP contribution in [0.5, 0.6) is 0 Å². The van der Waals surface area contributed by atoms with E-state index < -0.39 is 0 Å². The highest BCUT2D eigenvalue weighted by atomic mass is 32.2. The first-order valence-electron chi connectivity index (χ1n) is 1.99. The normalized spacial score (nSPS) is 18.3. The van der Waals surface area contributed by atoms with Gasteiger partial charge in [0.15, 0.2) is 0 Å². The SMILES string of the molecule is [C]1=CCOC=CS1. The first-order valence-corrected chi connectivity index (χ1v) is 2.87. The number of rotatable bonds is 0. The fourth-order valence-corrected chi connectivity index (χ4v) is 0.669. The van der Waals surface area contributed by atoms with E-state index in [0.717, 1.165) is 0 Å². The van der Waals surface area contributed by atoms with Crippen LogP contribution in [-0.4, -0.2) is 6.61 Å². The molecule has 1 aliphatic rings. The fourth-order valence-electron chi connectivity index (χ4n) is 0.292. The van der Waals surface area contributed by atoms with E-state index in [4.69, 9.17) is 4.74 Å². The second kappa shape index (κ2) is 2.75.